The normalized spacial score (nSPS) is 20.5. The van der Waals surface area contributed by atoms with Gasteiger partial charge >= 0.3 is 0 Å². The van der Waals surface area contributed by atoms with Gasteiger partial charge in [0, 0.05) is 18.1 Å². The van der Waals surface area contributed by atoms with Crippen LogP contribution in [0.25, 0.3) is 0 Å². The average Bonchev–Trinajstić information content (AvgIpc) is 2.46. The number of hydrogen-bond donors (Lipinski definition) is 1. The molecule has 0 spiro atoms. The molecular formula is C17H28N2. The summed E-state index contributed by atoms with van der Waals surface area (Å²) in [5.74, 6) is 0. The van der Waals surface area contributed by atoms with Crippen LogP contribution in [0.3, 0.4) is 0 Å². The first-order chi connectivity index (χ1) is 9.09. The largest absolute Gasteiger partial charge is 0.323 e. The molecule has 2 N–H and O–H groups in total. The SMILES string of the molecule is Cc1ccc(C(N)C(C)N(C)C2CCCCC2)cc1. The zero-order valence-electron chi connectivity index (χ0n) is 12.6. The van der Waals surface area contributed by atoms with E-state index in [1.54, 1.807) is 0 Å². The molecule has 0 aliphatic heterocycles. The van der Waals surface area contributed by atoms with Gasteiger partial charge in [0.15, 0.2) is 0 Å². The van der Waals surface area contributed by atoms with E-state index in [1.807, 2.05) is 0 Å². The number of benzene rings is 1. The number of hydrogen-bond acceptors (Lipinski definition) is 2. The minimum Gasteiger partial charge on any atom is -0.323 e. The second kappa shape index (κ2) is 6.53. The van der Waals surface area contributed by atoms with Crippen LogP contribution in [-0.2, 0) is 0 Å². The van der Waals surface area contributed by atoms with Gasteiger partial charge < -0.3 is 5.73 Å². The van der Waals surface area contributed by atoms with Crippen molar-refractivity contribution in [3.05, 3.63) is 35.4 Å². The molecule has 19 heavy (non-hydrogen) atoms. The molecule has 0 bridgehead atoms. The minimum atomic E-state index is 0.104. The number of likely N-dealkylation sites (N-methyl/N-ethyl adjacent to an activating group) is 1. The Morgan fingerprint density at radius 1 is 1.11 bits per heavy atom. The van der Waals surface area contributed by atoms with Crippen LogP contribution in [0.15, 0.2) is 24.3 Å². The molecule has 1 fully saturated rings. The number of nitrogens with two attached hydrogens (primary N) is 1. The Balaban J connectivity index is 2.01. The Kier molecular flexibility index (Phi) is 5.00. The number of nitrogens with zero attached hydrogens (tertiary/aromatic N) is 1. The molecule has 2 nitrogen and oxygen atoms in total. The van der Waals surface area contributed by atoms with E-state index in [2.05, 4.69) is 50.1 Å². The van der Waals surface area contributed by atoms with Gasteiger partial charge in [-0.15, -0.1) is 0 Å². The van der Waals surface area contributed by atoms with Crippen molar-refractivity contribution in [1.29, 1.82) is 0 Å². The Hall–Kier alpha value is -0.860. The molecule has 2 unspecified atom stereocenters. The standard InChI is InChI=1S/C17H28N2/c1-13-9-11-15(12-10-13)17(18)14(2)19(3)16-7-5-4-6-8-16/h9-12,14,16-17H,4-8,18H2,1-3H3. The fourth-order valence-corrected chi connectivity index (χ4v) is 3.14. The Labute approximate surface area is 118 Å². The third-order valence-electron chi connectivity index (χ3n) is 4.78. The molecule has 0 heterocycles. The maximum atomic E-state index is 6.45. The Bertz CT molecular complexity index is 379. The predicted octanol–water partition coefficient (Wildman–Crippen LogP) is 3.65. The predicted molar refractivity (Wildman–Crippen MR) is 82.2 cm³/mol. The van der Waals surface area contributed by atoms with Gasteiger partial charge in [-0.25, -0.2) is 0 Å². The third-order valence-corrected chi connectivity index (χ3v) is 4.78. The van der Waals surface area contributed by atoms with Crippen LogP contribution in [0.1, 0.15) is 56.2 Å². The Morgan fingerprint density at radius 3 is 2.26 bits per heavy atom. The van der Waals surface area contributed by atoms with Crippen LogP contribution >= 0.6 is 0 Å². The smallest absolute Gasteiger partial charge is 0.0450 e. The van der Waals surface area contributed by atoms with Gasteiger partial charge in [0.05, 0.1) is 0 Å². The lowest BCUT2D eigenvalue weighted by Crippen LogP contribution is -2.45. The fourth-order valence-electron chi connectivity index (χ4n) is 3.14. The van der Waals surface area contributed by atoms with E-state index in [9.17, 15) is 0 Å². The molecule has 0 saturated heterocycles. The van der Waals surface area contributed by atoms with E-state index in [-0.39, 0.29) is 6.04 Å². The lowest BCUT2D eigenvalue weighted by Gasteiger charge is -2.38. The lowest BCUT2D eigenvalue weighted by atomic mass is 9.91. The molecule has 1 saturated carbocycles. The van der Waals surface area contributed by atoms with Gasteiger partial charge in [0.25, 0.3) is 0 Å². The molecule has 1 aromatic rings. The van der Waals surface area contributed by atoms with Crippen LogP contribution in [0.2, 0.25) is 0 Å². The summed E-state index contributed by atoms with van der Waals surface area (Å²) in [6.07, 6.45) is 6.83. The average molecular weight is 260 g/mol. The van der Waals surface area contributed by atoms with Gasteiger partial charge in [0.1, 0.15) is 0 Å². The summed E-state index contributed by atoms with van der Waals surface area (Å²) in [6.45, 7) is 4.38. The second-order valence-corrected chi connectivity index (χ2v) is 6.13. The van der Waals surface area contributed by atoms with E-state index >= 15 is 0 Å². The van der Waals surface area contributed by atoms with Crippen molar-refractivity contribution in [3.63, 3.8) is 0 Å². The highest BCUT2D eigenvalue weighted by Gasteiger charge is 2.26. The molecule has 2 rings (SSSR count). The highest BCUT2D eigenvalue weighted by molar-refractivity contribution is 5.24. The van der Waals surface area contributed by atoms with Crippen molar-refractivity contribution < 1.29 is 0 Å². The molecule has 0 amide bonds. The summed E-state index contributed by atoms with van der Waals surface area (Å²) in [5.41, 5.74) is 9.00. The molecule has 2 atom stereocenters. The molecular weight excluding hydrogens is 232 g/mol. The van der Waals surface area contributed by atoms with E-state index in [4.69, 9.17) is 5.73 Å². The fraction of sp³-hybridized carbons (Fsp3) is 0.647. The van der Waals surface area contributed by atoms with Gasteiger partial charge in [-0.2, -0.15) is 0 Å². The summed E-state index contributed by atoms with van der Waals surface area (Å²) in [4.78, 5) is 2.50. The molecule has 106 valence electrons. The van der Waals surface area contributed by atoms with E-state index in [1.165, 1.54) is 43.2 Å². The zero-order valence-corrected chi connectivity index (χ0v) is 12.6. The highest BCUT2D eigenvalue weighted by atomic mass is 15.2. The van der Waals surface area contributed by atoms with Crippen LogP contribution in [0.5, 0.6) is 0 Å². The molecule has 0 aromatic heterocycles. The van der Waals surface area contributed by atoms with E-state index < -0.39 is 0 Å². The summed E-state index contributed by atoms with van der Waals surface area (Å²) in [5, 5.41) is 0. The van der Waals surface area contributed by atoms with Gasteiger partial charge in [-0.3, -0.25) is 4.90 Å². The van der Waals surface area contributed by atoms with Crippen LogP contribution in [0, 0.1) is 6.92 Å². The van der Waals surface area contributed by atoms with Crippen molar-refractivity contribution in [2.24, 2.45) is 5.73 Å². The number of rotatable bonds is 4. The maximum Gasteiger partial charge on any atom is 0.0450 e. The first-order valence-corrected chi connectivity index (χ1v) is 7.63. The summed E-state index contributed by atoms with van der Waals surface area (Å²) < 4.78 is 0. The summed E-state index contributed by atoms with van der Waals surface area (Å²) in [7, 11) is 2.24. The van der Waals surface area contributed by atoms with Gasteiger partial charge in [-0.05, 0) is 39.3 Å². The van der Waals surface area contributed by atoms with Crippen LogP contribution in [0.4, 0.5) is 0 Å². The minimum absolute atomic E-state index is 0.104. The van der Waals surface area contributed by atoms with Crippen molar-refractivity contribution >= 4 is 0 Å². The van der Waals surface area contributed by atoms with Crippen molar-refractivity contribution in [3.8, 4) is 0 Å². The molecule has 0 radical (unpaired) electrons. The van der Waals surface area contributed by atoms with E-state index in [0.717, 1.165) is 6.04 Å². The maximum absolute atomic E-state index is 6.45. The van der Waals surface area contributed by atoms with Crippen molar-refractivity contribution in [2.75, 3.05) is 7.05 Å². The first kappa shape index (κ1) is 14.5. The topological polar surface area (TPSA) is 29.3 Å². The monoisotopic (exact) mass is 260 g/mol. The first-order valence-electron chi connectivity index (χ1n) is 7.63. The van der Waals surface area contributed by atoms with E-state index in [0.29, 0.717) is 6.04 Å². The van der Waals surface area contributed by atoms with Gasteiger partial charge in [0.2, 0.25) is 0 Å². The quantitative estimate of drug-likeness (QED) is 0.895. The lowest BCUT2D eigenvalue weighted by molar-refractivity contribution is 0.130. The summed E-state index contributed by atoms with van der Waals surface area (Å²) in [6, 6.07) is 9.88. The molecule has 2 heteroatoms. The summed E-state index contributed by atoms with van der Waals surface area (Å²) >= 11 is 0. The molecule has 1 aliphatic rings. The van der Waals surface area contributed by atoms with Crippen molar-refractivity contribution in [2.45, 2.75) is 64.1 Å². The van der Waals surface area contributed by atoms with Crippen molar-refractivity contribution in [1.82, 2.24) is 4.90 Å². The Morgan fingerprint density at radius 2 is 1.68 bits per heavy atom. The molecule has 1 aromatic carbocycles. The highest BCUT2D eigenvalue weighted by Crippen LogP contribution is 2.26. The van der Waals surface area contributed by atoms with Crippen LogP contribution in [-0.4, -0.2) is 24.0 Å². The second-order valence-electron chi connectivity index (χ2n) is 6.13. The van der Waals surface area contributed by atoms with Gasteiger partial charge in [-0.1, -0.05) is 49.1 Å². The zero-order chi connectivity index (χ0) is 13.8. The number of aryl methyl sites for hydroxylation is 1. The molecule has 1 aliphatic carbocycles. The third kappa shape index (κ3) is 3.58. The van der Waals surface area contributed by atoms with Crippen LogP contribution < -0.4 is 5.73 Å².